The maximum absolute atomic E-state index is 13.4. The van der Waals surface area contributed by atoms with Gasteiger partial charge < -0.3 is 4.74 Å². The molecular formula is C26H22Br2FN3O2. The van der Waals surface area contributed by atoms with Gasteiger partial charge in [-0.05, 0) is 82.0 Å². The van der Waals surface area contributed by atoms with Crippen molar-refractivity contribution in [2.24, 2.45) is 5.10 Å². The fourth-order valence-corrected chi connectivity index (χ4v) is 4.31. The van der Waals surface area contributed by atoms with Gasteiger partial charge in [-0.2, -0.15) is 9.78 Å². The first-order valence-corrected chi connectivity index (χ1v) is 12.5. The number of unbranched alkanes of at least 4 members (excludes halogenated alkanes) is 1. The molecule has 5 nitrogen and oxygen atoms in total. The Bertz CT molecular complexity index is 1420. The van der Waals surface area contributed by atoms with E-state index in [1.807, 2.05) is 30.3 Å². The minimum absolute atomic E-state index is 0.206. The van der Waals surface area contributed by atoms with Crippen LogP contribution in [0.15, 0.2) is 79.5 Å². The van der Waals surface area contributed by atoms with Crippen LogP contribution in [0.25, 0.3) is 10.9 Å². The average Bonchev–Trinajstić information content (AvgIpc) is 2.82. The maximum atomic E-state index is 13.4. The van der Waals surface area contributed by atoms with Crippen molar-refractivity contribution in [1.29, 1.82) is 0 Å². The molecule has 0 aliphatic carbocycles. The van der Waals surface area contributed by atoms with Crippen LogP contribution in [-0.2, 0) is 13.0 Å². The maximum Gasteiger partial charge on any atom is 0.282 e. The first kappa shape index (κ1) is 24.3. The Morgan fingerprint density at radius 1 is 1.12 bits per heavy atom. The van der Waals surface area contributed by atoms with Crippen LogP contribution in [0.3, 0.4) is 0 Å². The molecule has 34 heavy (non-hydrogen) atoms. The third kappa shape index (κ3) is 5.80. The van der Waals surface area contributed by atoms with E-state index in [1.54, 1.807) is 24.4 Å². The van der Waals surface area contributed by atoms with Gasteiger partial charge in [0.15, 0.2) is 0 Å². The van der Waals surface area contributed by atoms with Crippen molar-refractivity contribution in [1.82, 2.24) is 9.66 Å². The highest BCUT2D eigenvalue weighted by atomic mass is 79.9. The van der Waals surface area contributed by atoms with E-state index in [-0.39, 0.29) is 18.0 Å². The highest BCUT2D eigenvalue weighted by Crippen LogP contribution is 2.26. The summed E-state index contributed by atoms with van der Waals surface area (Å²) in [5, 5.41) is 4.99. The Labute approximate surface area is 213 Å². The number of benzene rings is 3. The molecule has 0 saturated heterocycles. The molecule has 1 aromatic heterocycles. The zero-order valence-electron chi connectivity index (χ0n) is 18.5. The molecule has 0 saturated carbocycles. The van der Waals surface area contributed by atoms with Crippen LogP contribution in [0.5, 0.6) is 5.75 Å². The fraction of sp³-hybridized carbons (Fsp3) is 0.192. The Morgan fingerprint density at radius 3 is 2.74 bits per heavy atom. The normalized spacial score (nSPS) is 11.4. The smallest absolute Gasteiger partial charge is 0.282 e. The second-order valence-corrected chi connectivity index (χ2v) is 9.53. The average molecular weight is 587 g/mol. The second kappa shape index (κ2) is 11.1. The summed E-state index contributed by atoms with van der Waals surface area (Å²) in [4.78, 5) is 17.9. The topological polar surface area (TPSA) is 56.5 Å². The van der Waals surface area contributed by atoms with Crippen LogP contribution in [0, 0.1) is 5.82 Å². The molecule has 8 heteroatoms. The molecule has 0 fully saturated rings. The molecule has 174 valence electrons. The number of hydrogen-bond acceptors (Lipinski definition) is 4. The molecule has 3 aromatic carbocycles. The van der Waals surface area contributed by atoms with Crippen molar-refractivity contribution in [3.8, 4) is 5.75 Å². The van der Waals surface area contributed by atoms with Crippen molar-refractivity contribution in [3.63, 3.8) is 0 Å². The lowest BCUT2D eigenvalue weighted by molar-refractivity contribution is 0.303. The van der Waals surface area contributed by atoms with Gasteiger partial charge in [-0.3, -0.25) is 4.79 Å². The van der Waals surface area contributed by atoms with Crippen LogP contribution in [0.1, 0.15) is 36.7 Å². The number of aromatic nitrogens is 2. The quantitative estimate of drug-likeness (QED) is 0.212. The monoisotopic (exact) mass is 585 g/mol. The Morgan fingerprint density at radius 2 is 1.97 bits per heavy atom. The predicted octanol–water partition coefficient (Wildman–Crippen LogP) is 6.86. The molecule has 0 aliphatic heterocycles. The molecule has 0 spiro atoms. The van der Waals surface area contributed by atoms with E-state index in [9.17, 15) is 9.18 Å². The minimum atomic E-state index is -0.296. The lowest BCUT2D eigenvalue weighted by atomic mass is 10.2. The number of ether oxygens (including phenoxy) is 1. The zero-order valence-corrected chi connectivity index (χ0v) is 21.6. The molecule has 0 amide bonds. The molecule has 0 bridgehead atoms. The van der Waals surface area contributed by atoms with E-state index < -0.39 is 0 Å². The molecule has 0 atom stereocenters. The summed E-state index contributed by atoms with van der Waals surface area (Å²) in [5.74, 6) is 0.960. The fourth-order valence-electron chi connectivity index (χ4n) is 3.44. The number of hydrogen-bond donors (Lipinski definition) is 0. The Balaban J connectivity index is 1.60. The van der Waals surface area contributed by atoms with Crippen LogP contribution in [-0.4, -0.2) is 15.9 Å². The van der Waals surface area contributed by atoms with E-state index in [4.69, 9.17) is 9.72 Å². The van der Waals surface area contributed by atoms with Gasteiger partial charge in [0.05, 0.1) is 21.6 Å². The summed E-state index contributed by atoms with van der Waals surface area (Å²) in [6, 6.07) is 17.3. The summed E-state index contributed by atoms with van der Waals surface area (Å²) >= 11 is 6.94. The highest BCUT2D eigenvalue weighted by molar-refractivity contribution is 9.10. The number of aryl methyl sites for hydroxylation is 1. The molecule has 4 aromatic rings. The molecule has 0 N–H and O–H groups in total. The highest BCUT2D eigenvalue weighted by Gasteiger charge is 2.11. The van der Waals surface area contributed by atoms with Gasteiger partial charge in [-0.25, -0.2) is 9.37 Å². The molecule has 1 heterocycles. The lowest BCUT2D eigenvalue weighted by Gasteiger charge is -2.10. The molecule has 0 unspecified atom stereocenters. The van der Waals surface area contributed by atoms with Gasteiger partial charge in [0, 0.05) is 10.9 Å². The summed E-state index contributed by atoms with van der Waals surface area (Å²) < 4.78 is 22.1. The standard InChI is InChI=1S/C26H22Br2FN3O2/c1-2-3-7-25-31-23-10-9-19(27)14-21(23)26(33)32(25)30-15-17-8-11-24(22(28)13-17)34-16-18-5-4-6-20(29)12-18/h4-6,8-15H,2-3,7,16H2,1H3. The first-order valence-electron chi connectivity index (χ1n) is 10.9. The van der Waals surface area contributed by atoms with Gasteiger partial charge >= 0.3 is 0 Å². The van der Waals surface area contributed by atoms with E-state index in [0.29, 0.717) is 28.9 Å². The number of rotatable bonds is 8. The van der Waals surface area contributed by atoms with Crippen molar-refractivity contribution in [3.05, 3.63) is 103 Å². The minimum Gasteiger partial charge on any atom is -0.488 e. The van der Waals surface area contributed by atoms with Crippen LogP contribution in [0.4, 0.5) is 4.39 Å². The van der Waals surface area contributed by atoms with Crippen LogP contribution >= 0.6 is 31.9 Å². The van der Waals surface area contributed by atoms with Crippen LogP contribution < -0.4 is 10.3 Å². The Hall–Kier alpha value is -2.84. The van der Waals surface area contributed by atoms with Gasteiger partial charge in [0.2, 0.25) is 0 Å². The number of halogens is 3. The molecule has 0 radical (unpaired) electrons. The van der Waals surface area contributed by atoms with Gasteiger partial charge in [-0.15, -0.1) is 0 Å². The zero-order chi connectivity index (χ0) is 24.1. The third-order valence-corrected chi connectivity index (χ3v) is 6.30. The van der Waals surface area contributed by atoms with Crippen molar-refractivity contribution in [2.75, 3.05) is 0 Å². The van der Waals surface area contributed by atoms with Crippen molar-refractivity contribution < 1.29 is 9.13 Å². The SMILES string of the molecule is CCCCc1nc2ccc(Br)cc2c(=O)n1N=Cc1ccc(OCc2cccc(F)c2)c(Br)c1. The number of fused-ring (bicyclic) bond motifs is 1. The van der Waals surface area contributed by atoms with E-state index >= 15 is 0 Å². The third-order valence-electron chi connectivity index (χ3n) is 5.19. The van der Waals surface area contributed by atoms with E-state index in [0.717, 1.165) is 32.9 Å². The first-order chi connectivity index (χ1) is 16.4. The predicted molar refractivity (Wildman–Crippen MR) is 140 cm³/mol. The largest absolute Gasteiger partial charge is 0.488 e. The van der Waals surface area contributed by atoms with E-state index in [2.05, 4.69) is 43.9 Å². The Kier molecular flexibility index (Phi) is 7.90. The van der Waals surface area contributed by atoms with Crippen molar-refractivity contribution in [2.45, 2.75) is 32.8 Å². The summed E-state index contributed by atoms with van der Waals surface area (Å²) in [7, 11) is 0. The van der Waals surface area contributed by atoms with E-state index in [1.165, 1.54) is 16.8 Å². The summed E-state index contributed by atoms with van der Waals surface area (Å²) in [6.07, 6.45) is 4.18. The van der Waals surface area contributed by atoms with Gasteiger partial charge in [0.1, 0.15) is 24.0 Å². The van der Waals surface area contributed by atoms with Crippen molar-refractivity contribution >= 4 is 49.0 Å². The molecule has 4 rings (SSSR count). The van der Waals surface area contributed by atoms with Gasteiger partial charge in [0.25, 0.3) is 5.56 Å². The summed E-state index contributed by atoms with van der Waals surface area (Å²) in [5.41, 5.74) is 1.98. The lowest BCUT2D eigenvalue weighted by Crippen LogP contribution is -2.22. The van der Waals surface area contributed by atoms with Crippen LogP contribution in [0.2, 0.25) is 0 Å². The number of nitrogens with zero attached hydrogens (tertiary/aromatic N) is 3. The second-order valence-electron chi connectivity index (χ2n) is 7.76. The molecular weight excluding hydrogens is 565 g/mol. The summed E-state index contributed by atoms with van der Waals surface area (Å²) in [6.45, 7) is 2.34. The van der Waals surface area contributed by atoms with Gasteiger partial charge in [-0.1, -0.05) is 41.4 Å². The molecule has 0 aliphatic rings.